The first-order chi connectivity index (χ1) is 8.81. The maximum Gasteiger partial charge on any atom is 0.197 e. The first-order valence-electron chi connectivity index (χ1n) is 7.51. The minimum Gasteiger partial charge on any atom is -0.445 e. The van der Waals surface area contributed by atoms with Gasteiger partial charge in [-0.25, -0.2) is 4.98 Å². The Bertz CT molecular complexity index is 393. The molecule has 110 valence electrons. The Morgan fingerprint density at radius 1 is 1.26 bits per heavy atom. The molecule has 0 saturated heterocycles. The van der Waals surface area contributed by atoms with Crippen molar-refractivity contribution >= 4 is 0 Å². The SMILES string of the molecule is CC[C@@H](CCC(C)C)c1nc([C@@](C)(O)CC)c(C)o1. The third kappa shape index (κ3) is 4.07. The smallest absolute Gasteiger partial charge is 0.197 e. The van der Waals surface area contributed by atoms with Gasteiger partial charge in [0.25, 0.3) is 0 Å². The van der Waals surface area contributed by atoms with Crippen LogP contribution in [0.4, 0.5) is 0 Å². The summed E-state index contributed by atoms with van der Waals surface area (Å²) in [7, 11) is 0. The molecule has 0 saturated carbocycles. The Labute approximate surface area is 117 Å². The average molecular weight is 267 g/mol. The van der Waals surface area contributed by atoms with Crippen LogP contribution in [0.25, 0.3) is 0 Å². The zero-order chi connectivity index (χ0) is 14.6. The second-order valence-electron chi connectivity index (χ2n) is 6.16. The van der Waals surface area contributed by atoms with Crippen LogP contribution in [0.3, 0.4) is 0 Å². The fourth-order valence-electron chi connectivity index (χ4n) is 2.30. The van der Waals surface area contributed by atoms with E-state index in [9.17, 15) is 5.11 Å². The Kier molecular flexibility index (Phi) is 5.60. The van der Waals surface area contributed by atoms with Gasteiger partial charge in [-0.2, -0.15) is 0 Å². The molecule has 2 atom stereocenters. The summed E-state index contributed by atoms with van der Waals surface area (Å²) in [5.74, 6) is 2.61. The molecule has 0 aliphatic carbocycles. The van der Waals surface area contributed by atoms with E-state index < -0.39 is 5.60 Å². The number of aryl methyl sites for hydroxylation is 1. The predicted octanol–water partition coefficient (Wildman–Crippen LogP) is 4.53. The summed E-state index contributed by atoms with van der Waals surface area (Å²) >= 11 is 0. The number of nitrogens with zero attached hydrogens (tertiary/aromatic N) is 1. The van der Waals surface area contributed by atoms with Crippen LogP contribution in [0.1, 0.15) is 83.6 Å². The van der Waals surface area contributed by atoms with Gasteiger partial charge in [0.15, 0.2) is 5.89 Å². The molecule has 1 aromatic heterocycles. The molecular weight excluding hydrogens is 238 g/mol. The number of hydrogen-bond acceptors (Lipinski definition) is 3. The standard InChI is InChI=1S/C16H29NO2/c1-7-13(10-9-11(3)4)15-17-14(12(5)19-15)16(6,18)8-2/h11,13,18H,7-10H2,1-6H3/t13-,16-/m0/s1. The molecule has 19 heavy (non-hydrogen) atoms. The summed E-state index contributed by atoms with van der Waals surface area (Å²) in [6, 6.07) is 0. The zero-order valence-electron chi connectivity index (χ0n) is 13.3. The van der Waals surface area contributed by atoms with Gasteiger partial charge in [0, 0.05) is 5.92 Å². The van der Waals surface area contributed by atoms with Crippen LogP contribution in [-0.2, 0) is 5.60 Å². The topological polar surface area (TPSA) is 46.3 Å². The molecule has 0 aliphatic heterocycles. The fourth-order valence-corrected chi connectivity index (χ4v) is 2.30. The van der Waals surface area contributed by atoms with Crippen molar-refractivity contribution in [1.29, 1.82) is 0 Å². The number of aliphatic hydroxyl groups is 1. The Hall–Kier alpha value is -0.830. The average Bonchev–Trinajstić information content (AvgIpc) is 2.72. The van der Waals surface area contributed by atoms with Crippen LogP contribution in [-0.4, -0.2) is 10.1 Å². The lowest BCUT2D eigenvalue weighted by Crippen LogP contribution is -2.21. The maximum atomic E-state index is 10.3. The first kappa shape index (κ1) is 16.2. The third-order valence-corrected chi connectivity index (χ3v) is 3.95. The molecule has 0 fully saturated rings. The van der Waals surface area contributed by atoms with Gasteiger partial charge in [0.05, 0.1) is 0 Å². The minimum absolute atomic E-state index is 0.363. The molecule has 0 radical (unpaired) electrons. The van der Waals surface area contributed by atoms with Crippen molar-refractivity contribution in [2.45, 2.75) is 78.7 Å². The lowest BCUT2D eigenvalue weighted by Gasteiger charge is -2.18. The summed E-state index contributed by atoms with van der Waals surface area (Å²) in [6.07, 6.45) is 3.95. The van der Waals surface area contributed by atoms with Gasteiger partial charge < -0.3 is 9.52 Å². The number of aromatic nitrogens is 1. The largest absolute Gasteiger partial charge is 0.445 e. The predicted molar refractivity (Wildman–Crippen MR) is 78.2 cm³/mol. The van der Waals surface area contributed by atoms with Crippen molar-refractivity contribution in [3.05, 3.63) is 17.3 Å². The molecule has 1 rings (SSSR count). The van der Waals surface area contributed by atoms with E-state index in [2.05, 4.69) is 25.8 Å². The van der Waals surface area contributed by atoms with E-state index in [0.29, 0.717) is 24.0 Å². The summed E-state index contributed by atoms with van der Waals surface area (Å²) in [5.41, 5.74) is -0.185. The van der Waals surface area contributed by atoms with Crippen molar-refractivity contribution in [2.75, 3.05) is 0 Å². The monoisotopic (exact) mass is 267 g/mol. The highest BCUT2D eigenvalue weighted by Crippen LogP contribution is 2.32. The van der Waals surface area contributed by atoms with Crippen LogP contribution in [0.2, 0.25) is 0 Å². The van der Waals surface area contributed by atoms with Gasteiger partial charge in [-0.15, -0.1) is 0 Å². The van der Waals surface area contributed by atoms with Crippen molar-refractivity contribution in [3.63, 3.8) is 0 Å². The Morgan fingerprint density at radius 2 is 1.89 bits per heavy atom. The molecule has 1 aromatic rings. The number of oxazole rings is 1. The van der Waals surface area contributed by atoms with Crippen LogP contribution < -0.4 is 0 Å². The molecule has 0 aromatic carbocycles. The number of hydrogen-bond donors (Lipinski definition) is 1. The van der Waals surface area contributed by atoms with Gasteiger partial charge in [0.2, 0.25) is 0 Å². The van der Waals surface area contributed by atoms with E-state index in [4.69, 9.17) is 4.42 Å². The highest BCUT2D eigenvalue weighted by atomic mass is 16.4. The molecular formula is C16H29NO2. The fraction of sp³-hybridized carbons (Fsp3) is 0.812. The van der Waals surface area contributed by atoms with Crippen LogP contribution >= 0.6 is 0 Å². The second kappa shape index (κ2) is 6.56. The van der Waals surface area contributed by atoms with E-state index >= 15 is 0 Å². The molecule has 0 aliphatic rings. The molecule has 0 spiro atoms. The van der Waals surface area contributed by atoms with E-state index in [-0.39, 0.29) is 0 Å². The second-order valence-corrected chi connectivity index (χ2v) is 6.16. The van der Waals surface area contributed by atoms with Crippen LogP contribution in [0.5, 0.6) is 0 Å². The lowest BCUT2D eigenvalue weighted by atomic mass is 9.95. The molecule has 0 amide bonds. The molecule has 1 N–H and O–H groups in total. The zero-order valence-corrected chi connectivity index (χ0v) is 13.3. The Balaban J connectivity index is 2.92. The van der Waals surface area contributed by atoms with E-state index in [0.717, 1.165) is 24.5 Å². The van der Waals surface area contributed by atoms with Crippen molar-refractivity contribution < 1.29 is 9.52 Å². The number of rotatable bonds is 7. The third-order valence-electron chi connectivity index (χ3n) is 3.95. The highest BCUT2D eigenvalue weighted by molar-refractivity contribution is 5.17. The van der Waals surface area contributed by atoms with Gasteiger partial charge in [-0.1, -0.05) is 34.1 Å². The van der Waals surface area contributed by atoms with Gasteiger partial charge in [-0.3, -0.25) is 0 Å². The van der Waals surface area contributed by atoms with Gasteiger partial charge in [-0.05, 0) is 39.0 Å². The van der Waals surface area contributed by atoms with E-state index in [1.54, 1.807) is 6.92 Å². The molecule has 3 heteroatoms. The maximum absolute atomic E-state index is 10.3. The van der Waals surface area contributed by atoms with Gasteiger partial charge >= 0.3 is 0 Å². The normalized spacial score (nSPS) is 16.6. The van der Waals surface area contributed by atoms with Crippen molar-refractivity contribution in [2.24, 2.45) is 5.92 Å². The van der Waals surface area contributed by atoms with Crippen molar-refractivity contribution in [1.82, 2.24) is 4.98 Å². The quantitative estimate of drug-likeness (QED) is 0.789. The Morgan fingerprint density at radius 3 is 2.37 bits per heavy atom. The summed E-state index contributed by atoms with van der Waals surface area (Å²) in [5, 5.41) is 10.3. The lowest BCUT2D eigenvalue weighted by molar-refractivity contribution is 0.0475. The molecule has 0 unspecified atom stereocenters. The summed E-state index contributed by atoms with van der Waals surface area (Å²) in [4.78, 5) is 4.58. The van der Waals surface area contributed by atoms with Crippen LogP contribution in [0.15, 0.2) is 4.42 Å². The van der Waals surface area contributed by atoms with E-state index in [1.807, 2.05) is 13.8 Å². The van der Waals surface area contributed by atoms with Gasteiger partial charge in [0.1, 0.15) is 17.1 Å². The van der Waals surface area contributed by atoms with Crippen LogP contribution in [0, 0.1) is 12.8 Å². The van der Waals surface area contributed by atoms with Crippen molar-refractivity contribution in [3.8, 4) is 0 Å². The van der Waals surface area contributed by atoms with E-state index in [1.165, 1.54) is 6.42 Å². The molecule has 0 bridgehead atoms. The minimum atomic E-state index is -0.887. The summed E-state index contributed by atoms with van der Waals surface area (Å²) < 4.78 is 5.82. The first-order valence-corrected chi connectivity index (χ1v) is 7.51. The molecule has 1 heterocycles. The highest BCUT2D eigenvalue weighted by Gasteiger charge is 2.29. The molecule has 3 nitrogen and oxygen atoms in total. The summed E-state index contributed by atoms with van der Waals surface area (Å²) in [6.45, 7) is 12.3.